The van der Waals surface area contributed by atoms with Gasteiger partial charge in [0.2, 0.25) is 5.95 Å². The molecule has 190 valence electrons. The highest BCUT2D eigenvalue weighted by Gasteiger charge is 2.15. The van der Waals surface area contributed by atoms with Crippen LogP contribution in [-0.4, -0.2) is 58.3 Å². The van der Waals surface area contributed by atoms with E-state index in [0.717, 1.165) is 42.5 Å². The summed E-state index contributed by atoms with van der Waals surface area (Å²) in [6, 6.07) is 8.17. The van der Waals surface area contributed by atoms with E-state index in [1.54, 1.807) is 17.1 Å². The summed E-state index contributed by atoms with van der Waals surface area (Å²) in [5.41, 5.74) is 3.64. The number of amides is 1. The van der Waals surface area contributed by atoms with Crippen LogP contribution in [0.1, 0.15) is 39.2 Å². The number of hydrogen-bond donors (Lipinski definition) is 2. The highest BCUT2D eigenvalue weighted by atomic mass is 79.9. The summed E-state index contributed by atoms with van der Waals surface area (Å²) in [5, 5.41) is 19.7. The topological polar surface area (TPSA) is 125 Å². The Morgan fingerprint density at radius 2 is 1.94 bits per heavy atom. The Bertz CT molecular complexity index is 1300. The molecule has 2 N–H and O–H groups in total. The normalized spacial score (nSPS) is 11.6. The zero-order chi connectivity index (χ0) is 25.5. The summed E-state index contributed by atoms with van der Waals surface area (Å²) in [7, 11) is 0. The predicted octanol–water partition coefficient (Wildman–Crippen LogP) is 4.39. The van der Waals surface area contributed by atoms with Crippen molar-refractivity contribution in [3.63, 3.8) is 0 Å². The fourth-order valence-corrected chi connectivity index (χ4v) is 3.92. The molecule has 3 heterocycles. The minimum atomic E-state index is -0.495. The van der Waals surface area contributed by atoms with Crippen molar-refractivity contribution in [2.24, 2.45) is 0 Å². The first kappa shape index (κ1) is 25.5. The number of carbonyl (C=O) groups excluding carboxylic acids is 1. The molecule has 0 aliphatic heterocycles. The molecule has 4 rings (SSSR count). The highest BCUT2D eigenvalue weighted by molar-refractivity contribution is 9.09. The van der Waals surface area contributed by atoms with Crippen LogP contribution in [-0.2, 0) is 17.7 Å². The standard InChI is InChI=1S/C24H30BrN9O2/c1-24(2,3)36-23(35)26-12-4-5-13-33-16-18(14-28-33)29-22-27-15-20-21(30-22)34(32-31-20)19-8-6-17(7-9-19)10-11-25/h6-9,14-16H,4-5,10-13H2,1-3H3,(H,26,35)(H,27,29,30). The summed E-state index contributed by atoms with van der Waals surface area (Å²) in [4.78, 5) is 20.7. The van der Waals surface area contributed by atoms with E-state index >= 15 is 0 Å². The van der Waals surface area contributed by atoms with Gasteiger partial charge in [-0.15, -0.1) is 5.10 Å². The van der Waals surface area contributed by atoms with Gasteiger partial charge in [0.05, 0.1) is 23.8 Å². The van der Waals surface area contributed by atoms with Gasteiger partial charge in [0.15, 0.2) is 11.2 Å². The van der Waals surface area contributed by atoms with Crippen molar-refractivity contribution in [2.45, 2.75) is 52.2 Å². The Balaban J connectivity index is 1.32. The van der Waals surface area contributed by atoms with E-state index in [4.69, 9.17) is 4.74 Å². The van der Waals surface area contributed by atoms with Crippen molar-refractivity contribution in [1.82, 2.24) is 40.1 Å². The molecule has 0 aliphatic rings. The molecule has 12 heteroatoms. The first-order valence-corrected chi connectivity index (χ1v) is 12.9. The highest BCUT2D eigenvalue weighted by Crippen LogP contribution is 2.18. The molecule has 0 aliphatic carbocycles. The number of nitrogens with one attached hydrogen (secondary N) is 2. The molecular weight excluding hydrogens is 526 g/mol. The third kappa shape index (κ3) is 7.00. The Kier molecular flexibility index (Phi) is 8.14. The molecule has 36 heavy (non-hydrogen) atoms. The van der Waals surface area contributed by atoms with Crippen LogP contribution in [0.3, 0.4) is 0 Å². The third-order valence-electron chi connectivity index (χ3n) is 5.13. The van der Waals surface area contributed by atoms with E-state index in [-0.39, 0.29) is 0 Å². The van der Waals surface area contributed by atoms with Gasteiger partial charge in [-0.1, -0.05) is 33.3 Å². The summed E-state index contributed by atoms with van der Waals surface area (Å²) < 4.78 is 8.78. The van der Waals surface area contributed by atoms with Gasteiger partial charge < -0.3 is 15.4 Å². The number of carbonyl (C=O) groups is 1. The molecule has 1 amide bonds. The van der Waals surface area contributed by atoms with Crippen molar-refractivity contribution < 1.29 is 9.53 Å². The second-order valence-electron chi connectivity index (χ2n) is 9.26. The lowest BCUT2D eigenvalue weighted by molar-refractivity contribution is 0.0527. The van der Waals surface area contributed by atoms with Crippen LogP contribution in [0.4, 0.5) is 16.4 Å². The Labute approximate surface area is 217 Å². The quantitative estimate of drug-likeness (QED) is 0.218. The van der Waals surface area contributed by atoms with Crippen LogP contribution in [0, 0.1) is 0 Å². The molecular formula is C24H30BrN9O2. The molecule has 0 spiro atoms. The maximum atomic E-state index is 11.7. The summed E-state index contributed by atoms with van der Waals surface area (Å²) >= 11 is 3.47. The number of ether oxygens (including phenoxy) is 1. The van der Waals surface area contributed by atoms with Crippen LogP contribution in [0.5, 0.6) is 0 Å². The van der Waals surface area contributed by atoms with E-state index < -0.39 is 11.7 Å². The molecule has 0 radical (unpaired) electrons. The van der Waals surface area contributed by atoms with Crippen molar-refractivity contribution in [3.05, 3.63) is 48.4 Å². The second kappa shape index (κ2) is 11.5. The molecule has 1 aromatic carbocycles. The maximum absolute atomic E-state index is 11.7. The van der Waals surface area contributed by atoms with Crippen molar-refractivity contribution >= 4 is 44.8 Å². The minimum absolute atomic E-state index is 0.395. The fraction of sp³-hybridized carbons (Fsp3) is 0.417. The third-order valence-corrected chi connectivity index (χ3v) is 5.52. The molecule has 0 saturated carbocycles. The zero-order valence-corrected chi connectivity index (χ0v) is 22.2. The number of anilines is 2. The Hall–Kier alpha value is -3.54. The predicted molar refractivity (Wildman–Crippen MR) is 141 cm³/mol. The number of alkyl carbamates (subject to hydrolysis) is 1. The lowest BCUT2D eigenvalue weighted by atomic mass is 10.1. The summed E-state index contributed by atoms with van der Waals surface area (Å²) in [6.45, 7) is 6.80. The molecule has 3 aromatic heterocycles. The molecule has 0 saturated heterocycles. The zero-order valence-electron chi connectivity index (χ0n) is 20.6. The van der Waals surface area contributed by atoms with Gasteiger partial charge in [-0.05, 0) is 57.7 Å². The Morgan fingerprint density at radius 3 is 2.69 bits per heavy atom. The first-order chi connectivity index (χ1) is 17.3. The van der Waals surface area contributed by atoms with E-state index in [1.165, 1.54) is 5.56 Å². The maximum Gasteiger partial charge on any atom is 0.407 e. The Morgan fingerprint density at radius 1 is 1.14 bits per heavy atom. The summed E-state index contributed by atoms with van der Waals surface area (Å²) in [6.07, 6.45) is 7.51. The van der Waals surface area contributed by atoms with Crippen LogP contribution >= 0.6 is 15.9 Å². The van der Waals surface area contributed by atoms with Gasteiger partial charge in [-0.3, -0.25) is 4.68 Å². The van der Waals surface area contributed by atoms with Crippen molar-refractivity contribution in [3.8, 4) is 5.69 Å². The van der Waals surface area contributed by atoms with Crippen LogP contribution in [0.2, 0.25) is 0 Å². The number of aromatic nitrogens is 7. The van der Waals surface area contributed by atoms with Crippen LogP contribution in [0.15, 0.2) is 42.9 Å². The smallest absolute Gasteiger partial charge is 0.407 e. The van der Waals surface area contributed by atoms with E-state index in [9.17, 15) is 4.79 Å². The number of unbranched alkanes of at least 4 members (excludes halogenated alkanes) is 1. The van der Waals surface area contributed by atoms with Gasteiger partial charge >= 0.3 is 6.09 Å². The van der Waals surface area contributed by atoms with Crippen molar-refractivity contribution in [1.29, 1.82) is 0 Å². The number of halogens is 1. The van der Waals surface area contributed by atoms with Crippen LogP contribution in [0.25, 0.3) is 16.9 Å². The summed E-state index contributed by atoms with van der Waals surface area (Å²) in [5.74, 6) is 0.433. The largest absolute Gasteiger partial charge is 0.444 e. The minimum Gasteiger partial charge on any atom is -0.444 e. The van der Waals surface area contributed by atoms with E-state index in [1.807, 2.05) is 43.8 Å². The van der Waals surface area contributed by atoms with Gasteiger partial charge in [-0.2, -0.15) is 14.8 Å². The SMILES string of the molecule is CC(C)(C)OC(=O)NCCCCn1cc(Nc2ncc3nnn(-c4ccc(CCBr)cc4)c3n2)cn1. The number of rotatable bonds is 10. The molecule has 0 fully saturated rings. The lowest BCUT2D eigenvalue weighted by Gasteiger charge is -2.19. The van der Waals surface area contributed by atoms with E-state index in [2.05, 4.69) is 64.1 Å². The van der Waals surface area contributed by atoms with Gasteiger partial charge in [0, 0.05) is 24.6 Å². The number of benzene rings is 1. The van der Waals surface area contributed by atoms with Crippen molar-refractivity contribution in [2.75, 3.05) is 17.2 Å². The fourth-order valence-electron chi connectivity index (χ4n) is 3.46. The average Bonchev–Trinajstić information content (AvgIpc) is 3.45. The van der Waals surface area contributed by atoms with E-state index in [0.29, 0.717) is 23.7 Å². The van der Waals surface area contributed by atoms with Gasteiger partial charge in [0.25, 0.3) is 0 Å². The number of hydrogen-bond acceptors (Lipinski definition) is 8. The number of nitrogens with zero attached hydrogens (tertiary/aromatic N) is 7. The van der Waals surface area contributed by atoms with Gasteiger partial charge in [0.1, 0.15) is 5.60 Å². The second-order valence-corrected chi connectivity index (χ2v) is 10.1. The number of alkyl halides is 1. The number of fused-ring (bicyclic) bond motifs is 1. The first-order valence-electron chi connectivity index (χ1n) is 11.8. The lowest BCUT2D eigenvalue weighted by Crippen LogP contribution is -2.33. The molecule has 4 aromatic rings. The van der Waals surface area contributed by atoms with Crippen LogP contribution < -0.4 is 10.6 Å². The molecule has 11 nitrogen and oxygen atoms in total. The monoisotopic (exact) mass is 555 g/mol. The molecule has 0 bridgehead atoms. The molecule has 0 unspecified atom stereocenters. The molecule has 0 atom stereocenters. The number of aryl methyl sites for hydroxylation is 2. The average molecular weight is 556 g/mol. The van der Waals surface area contributed by atoms with Gasteiger partial charge in [-0.25, -0.2) is 9.78 Å².